The van der Waals surface area contributed by atoms with Crippen LogP contribution >= 0.6 is 11.6 Å². The van der Waals surface area contributed by atoms with E-state index in [1.165, 1.54) is 0 Å². The zero-order valence-electron chi connectivity index (χ0n) is 12.2. The van der Waals surface area contributed by atoms with Gasteiger partial charge in [-0.1, -0.05) is 11.6 Å². The minimum absolute atomic E-state index is 0.0455. The third-order valence-corrected chi connectivity index (χ3v) is 3.99. The van der Waals surface area contributed by atoms with Gasteiger partial charge in [0.25, 0.3) is 0 Å². The number of hydrogen-bond donors (Lipinski definition) is 2. The Bertz CT molecular complexity index is 808. The highest BCUT2D eigenvalue weighted by Crippen LogP contribution is 2.33. The molecular formula is C15H14ClN5O2. The maximum Gasteiger partial charge on any atom is 0.238 e. The van der Waals surface area contributed by atoms with E-state index in [9.17, 15) is 5.11 Å². The number of ether oxygens (including phenoxy) is 1. The highest BCUT2D eigenvalue weighted by atomic mass is 35.5. The smallest absolute Gasteiger partial charge is 0.238 e. The summed E-state index contributed by atoms with van der Waals surface area (Å²) in [5.74, 6) is 1.21. The fourth-order valence-corrected chi connectivity index (χ4v) is 2.77. The number of imidazole rings is 1. The molecule has 4 heterocycles. The van der Waals surface area contributed by atoms with E-state index in [0.717, 1.165) is 24.2 Å². The van der Waals surface area contributed by atoms with Crippen molar-refractivity contribution in [1.82, 2.24) is 15.0 Å². The number of aromatic nitrogens is 3. The van der Waals surface area contributed by atoms with Crippen LogP contribution in [0.25, 0.3) is 11.6 Å². The summed E-state index contributed by atoms with van der Waals surface area (Å²) in [6.07, 6.45) is 5.05. The molecule has 0 aromatic carbocycles. The standard InChI is InChI=1S/C15H14ClN5O2/c16-10-6-11-9(7-17-13(11)18-8-10)5-12-14(22)20-15(19-12)21-1-3-23-4-2-21/h5-8,22H,1-4H2,(H,19,20). The van der Waals surface area contributed by atoms with Gasteiger partial charge in [-0.15, -0.1) is 0 Å². The van der Waals surface area contributed by atoms with Gasteiger partial charge in [0.15, 0.2) is 5.82 Å². The summed E-state index contributed by atoms with van der Waals surface area (Å²) < 4.78 is 5.32. The van der Waals surface area contributed by atoms with Crippen molar-refractivity contribution in [3.8, 4) is 5.88 Å². The lowest BCUT2D eigenvalue weighted by molar-refractivity contribution is 0.122. The molecule has 23 heavy (non-hydrogen) atoms. The third-order valence-electron chi connectivity index (χ3n) is 3.78. The van der Waals surface area contributed by atoms with E-state index in [2.05, 4.69) is 19.9 Å². The van der Waals surface area contributed by atoms with Crippen LogP contribution < -0.4 is 4.90 Å². The highest BCUT2D eigenvalue weighted by molar-refractivity contribution is 6.31. The first kappa shape index (κ1) is 14.2. The molecule has 8 heteroatoms. The number of fused-ring (bicyclic) bond motifs is 1. The molecule has 2 aromatic rings. The molecule has 2 aliphatic heterocycles. The van der Waals surface area contributed by atoms with Gasteiger partial charge in [0.05, 0.1) is 18.2 Å². The second-order valence-electron chi connectivity index (χ2n) is 5.28. The summed E-state index contributed by atoms with van der Waals surface area (Å²) in [5.41, 5.74) is 2.18. The van der Waals surface area contributed by atoms with Gasteiger partial charge < -0.3 is 19.7 Å². The Labute approximate surface area is 137 Å². The summed E-state index contributed by atoms with van der Waals surface area (Å²) in [6, 6.07) is 1.80. The predicted octanol–water partition coefficient (Wildman–Crippen LogP) is 2.26. The Morgan fingerprint density at radius 3 is 3.00 bits per heavy atom. The quantitative estimate of drug-likeness (QED) is 0.881. The summed E-state index contributed by atoms with van der Waals surface area (Å²) in [6.45, 7) is 2.80. The molecule has 0 unspecified atom stereocenters. The fraction of sp³-hybridized carbons (Fsp3) is 0.267. The number of H-pyrrole nitrogens is 1. The average Bonchev–Trinajstić information content (AvgIpc) is 3.13. The maximum absolute atomic E-state index is 10.1. The van der Waals surface area contributed by atoms with Crippen LogP contribution in [0, 0.1) is 0 Å². The molecule has 0 bridgehead atoms. The van der Waals surface area contributed by atoms with Crippen molar-refractivity contribution >= 4 is 41.2 Å². The van der Waals surface area contributed by atoms with Crippen molar-refractivity contribution in [3.05, 3.63) is 28.5 Å². The molecular weight excluding hydrogens is 318 g/mol. The van der Waals surface area contributed by atoms with Crippen molar-refractivity contribution in [2.24, 2.45) is 4.99 Å². The predicted molar refractivity (Wildman–Crippen MR) is 88.6 cm³/mol. The van der Waals surface area contributed by atoms with Gasteiger partial charge in [0.1, 0.15) is 5.69 Å². The first-order chi connectivity index (χ1) is 11.2. The van der Waals surface area contributed by atoms with E-state index >= 15 is 0 Å². The number of nitrogens with zero attached hydrogens (tertiary/aromatic N) is 4. The molecule has 2 N–H and O–H groups in total. The van der Waals surface area contributed by atoms with E-state index in [4.69, 9.17) is 16.3 Å². The second-order valence-corrected chi connectivity index (χ2v) is 5.72. The molecule has 0 aliphatic carbocycles. The Hall–Kier alpha value is -2.38. The highest BCUT2D eigenvalue weighted by Gasteiger charge is 2.19. The van der Waals surface area contributed by atoms with E-state index in [0.29, 0.717) is 35.7 Å². The first-order valence-electron chi connectivity index (χ1n) is 7.24. The number of aromatic hydroxyl groups is 1. The molecule has 1 fully saturated rings. The molecule has 0 atom stereocenters. The molecule has 1 saturated heterocycles. The lowest BCUT2D eigenvalue weighted by Crippen LogP contribution is -2.36. The SMILES string of the molecule is Oc1nc(N2CCOCC2)[nH]c1C=C1C=Nc2ncc(Cl)cc21. The minimum atomic E-state index is -0.0455. The first-order valence-corrected chi connectivity index (χ1v) is 7.62. The molecule has 0 saturated carbocycles. The van der Waals surface area contributed by atoms with Gasteiger partial charge in [-0.3, -0.25) is 0 Å². The summed E-state index contributed by atoms with van der Waals surface area (Å²) in [4.78, 5) is 17.8. The third kappa shape index (κ3) is 2.69. The second kappa shape index (κ2) is 5.68. The van der Waals surface area contributed by atoms with Crippen LogP contribution in [0.5, 0.6) is 5.88 Å². The number of rotatable bonds is 2. The molecule has 2 aromatic heterocycles. The Kier molecular flexibility index (Phi) is 3.51. The normalized spacial score (nSPS) is 18.7. The molecule has 0 radical (unpaired) electrons. The summed E-state index contributed by atoms with van der Waals surface area (Å²) >= 11 is 6.00. The minimum Gasteiger partial charge on any atom is -0.492 e. The topological polar surface area (TPSA) is 86.6 Å². The maximum atomic E-state index is 10.1. The Morgan fingerprint density at radius 1 is 1.35 bits per heavy atom. The lowest BCUT2D eigenvalue weighted by Gasteiger charge is -2.25. The lowest BCUT2D eigenvalue weighted by atomic mass is 10.1. The van der Waals surface area contributed by atoms with Crippen LogP contribution in [0.2, 0.25) is 5.02 Å². The fourth-order valence-electron chi connectivity index (χ4n) is 2.61. The molecule has 7 nitrogen and oxygen atoms in total. The Balaban J connectivity index is 1.66. The molecule has 2 aliphatic rings. The number of nitrogens with one attached hydrogen (secondary N) is 1. The van der Waals surface area contributed by atoms with Crippen LogP contribution in [0.15, 0.2) is 17.3 Å². The number of halogens is 1. The zero-order chi connectivity index (χ0) is 15.8. The van der Waals surface area contributed by atoms with Gasteiger partial charge in [0.2, 0.25) is 11.8 Å². The zero-order valence-corrected chi connectivity index (χ0v) is 12.9. The van der Waals surface area contributed by atoms with Crippen molar-refractivity contribution < 1.29 is 9.84 Å². The Morgan fingerprint density at radius 2 is 2.17 bits per heavy atom. The molecule has 118 valence electrons. The van der Waals surface area contributed by atoms with Crippen LogP contribution in [0.3, 0.4) is 0 Å². The largest absolute Gasteiger partial charge is 0.492 e. The van der Waals surface area contributed by atoms with Crippen LogP contribution in [0.1, 0.15) is 11.3 Å². The van der Waals surface area contributed by atoms with Gasteiger partial charge in [-0.2, -0.15) is 4.98 Å². The number of morpholine rings is 1. The van der Waals surface area contributed by atoms with E-state index in [1.54, 1.807) is 24.6 Å². The number of anilines is 1. The van der Waals surface area contributed by atoms with Crippen LogP contribution in [-0.2, 0) is 4.74 Å². The van der Waals surface area contributed by atoms with Gasteiger partial charge in [-0.25, -0.2) is 9.98 Å². The number of allylic oxidation sites excluding steroid dienone is 1. The number of aromatic amines is 1. The molecule has 0 spiro atoms. The van der Waals surface area contributed by atoms with Crippen LogP contribution in [0.4, 0.5) is 11.8 Å². The summed E-state index contributed by atoms with van der Waals surface area (Å²) in [5, 5.41) is 10.6. The van der Waals surface area contributed by atoms with E-state index < -0.39 is 0 Å². The molecule has 0 amide bonds. The van der Waals surface area contributed by atoms with E-state index in [1.807, 2.05) is 4.90 Å². The van der Waals surface area contributed by atoms with Gasteiger partial charge >= 0.3 is 0 Å². The number of pyridine rings is 1. The van der Waals surface area contributed by atoms with Gasteiger partial charge in [-0.05, 0) is 12.1 Å². The van der Waals surface area contributed by atoms with Crippen molar-refractivity contribution in [2.75, 3.05) is 31.2 Å². The number of hydrogen-bond acceptors (Lipinski definition) is 6. The van der Waals surface area contributed by atoms with Crippen LogP contribution in [-0.4, -0.2) is 52.6 Å². The number of aliphatic imine (C=N–C) groups is 1. The summed E-state index contributed by atoms with van der Waals surface area (Å²) in [7, 11) is 0. The van der Waals surface area contributed by atoms with E-state index in [-0.39, 0.29) is 5.88 Å². The average molecular weight is 332 g/mol. The molecule has 4 rings (SSSR count). The van der Waals surface area contributed by atoms with Crippen molar-refractivity contribution in [1.29, 1.82) is 0 Å². The monoisotopic (exact) mass is 331 g/mol. The van der Waals surface area contributed by atoms with Crippen molar-refractivity contribution in [3.63, 3.8) is 0 Å². The van der Waals surface area contributed by atoms with Crippen molar-refractivity contribution in [2.45, 2.75) is 0 Å². The van der Waals surface area contributed by atoms with Gasteiger partial charge in [0, 0.05) is 36.6 Å².